The molecule has 0 bridgehead atoms. The first-order valence-corrected chi connectivity index (χ1v) is 14.5. The molecule has 206 valence electrons. The first kappa shape index (κ1) is 27.7. The second-order valence-corrected chi connectivity index (χ2v) is 11.5. The Morgan fingerprint density at radius 3 is 2.62 bits per heavy atom. The van der Waals surface area contributed by atoms with Crippen molar-refractivity contribution in [1.82, 2.24) is 4.90 Å². The summed E-state index contributed by atoms with van der Waals surface area (Å²) in [6.45, 7) is 4.67. The Balaban J connectivity index is 1.53. The summed E-state index contributed by atoms with van der Waals surface area (Å²) in [6, 6.07) is 3.88. The summed E-state index contributed by atoms with van der Waals surface area (Å²) in [5.41, 5.74) is 0.996. The largest absolute Gasteiger partial charge is 0.504 e. The number of aliphatic hydroxyl groups excluding tert-OH is 1. The van der Waals surface area contributed by atoms with Crippen LogP contribution in [0.5, 0.6) is 11.5 Å². The molecule has 3 fully saturated rings. The van der Waals surface area contributed by atoms with Crippen molar-refractivity contribution >= 4 is 11.9 Å². The highest BCUT2D eigenvalue weighted by atomic mass is 16.6. The number of carbonyl (C=O) groups excluding carboxylic acids is 2. The molecule has 0 spiro atoms. The van der Waals surface area contributed by atoms with Crippen LogP contribution in [0, 0.1) is 5.92 Å². The number of carbonyl (C=O) groups is 2. The molecular weight excluding hydrogens is 470 g/mol. The molecule has 1 heterocycles. The number of aromatic hydroxyl groups is 1. The Bertz CT molecular complexity index is 942. The predicted octanol–water partition coefficient (Wildman–Crippen LogP) is 5.42. The highest BCUT2D eigenvalue weighted by Gasteiger charge is 2.42. The molecule has 1 aliphatic heterocycles. The van der Waals surface area contributed by atoms with Gasteiger partial charge in [0, 0.05) is 38.4 Å². The van der Waals surface area contributed by atoms with Crippen molar-refractivity contribution in [3.05, 3.63) is 23.3 Å². The molecule has 0 radical (unpaired) electrons. The maximum Gasteiger partial charge on any atom is 0.303 e. The van der Waals surface area contributed by atoms with Crippen LogP contribution >= 0.6 is 0 Å². The van der Waals surface area contributed by atoms with E-state index in [1.54, 1.807) is 4.90 Å². The molecule has 3 aliphatic rings. The lowest BCUT2D eigenvalue weighted by atomic mass is 9.72. The molecule has 3 atom stereocenters. The number of ether oxygens (including phenoxy) is 2. The Hall–Kier alpha value is -2.28. The molecule has 0 aromatic heterocycles. The average molecular weight is 516 g/mol. The van der Waals surface area contributed by atoms with Gasteiger partial charge >= 0.3 is 5.97 Å². The van der Waals surface area contributed by atoms with Crippen molar-refractivity contribution in [2.24, 2.45) is 5.92 Å². The fourth-order valence-electron chi connectivity index (χ4n) is 6.49. The molecule has 1 aromatic carbocycles. The van der Waals surface area contributed by atoms with Gasteiger partial charge in [-0.05, 0) is 81.8 Å². The number of esters is 1. The van der Waals surface area contributed by atoms with Crippen LogP contribution in [-0.2, 0) is 27.3 Å². The Morgan fingerprint density at radius 2 is 1.97 bits per heavy atom. The van der Waals surface area contributed by atoms with E-state index in [4.69, 9.17) is 9.47 Å². The van der Waals surface area contributed by atoms with Gasteiger partial charge in [-0.3, -0.25) is 9.59 Å². The maximum absolute atomic E-state index is 12.3. The van der Waals surface area contributed by atoms with E-state index < -0.39 is 11.7 Å². The van der Waals surface area contributed by atoms with Crippen molar-refractivity contribution in [2.75, 3.05) is 6.54 Å². The summed E-state index contributed by atoms with van der Waals surface area (Å²) in [5, 5.41) is 22.0. The minimum absolute atomic E-state index is 0.100. The number of amides is 1. The molecule has 1 aromatic rings. The smallest absolute Gasteiger partial charge is 0.303 e. The van der Waals surface area contributed by atoms with Crippen molar-refractivity contribution in [3.8, 4) is 11.5 Å². The molecule has 0 unspecified atom stereocenters. The van der Waals surface area contributed by atoms with Crippen LogP contribution in [0.4, 0.5) is 0 Å². The lowest BCUT2D eigenvalue weighted by Gasteiger charge is -2.42. The van der Waals surface area contributed by atoms with Crippen LogP contribution in [0.3, 0.4) is 0 Å². The number of likely N-dealkylation sites (tertiary alicyclic amines) is 1. The highest BCUT2D eigenvalue weighted by Crippen LogP contribution is 2.42. The molecule has 4 rings (SSSR count). The third-order valence-electron chi connectivity index (χ3n) is 8.60. The SMILES string of the molecule is CCCC[C@H]1CC[C@](CCc2cc(CN3CCCC3=O)c(O)c(OC3CCCC3)c2)(OC(C)=O)C[C@H]1O. The number of nitrogens with zero attached hydrogens (tertiary/aromatic N) is 1. The molecule has 1 amide bonds. The van der Waals surface area contributed by atoms with Crippen molar-refractivity contribution in [1.29, 1.82) is 0 Å². The number of aliphatic hydroxyl groups is 1. The summed E-state index contributed by atoms with van der Waals surface area (Å²) in [6.07, 6.45) is 11.7. The Kier molecular flexibility index (Phi) is 9.38. The van der Waals surface area contributed by atoms with Gasteiger partial charge in [0.2, 0.25) is 5.91 Å². The molecule has 7 heteroatoms. The standard InChI is InChI=1S/C30H45NO6/c1-3-4-8-23-13-15-30(19-26(23)33,37-21(2)32)14-12-22-17-24(20-31-16-7-11-28(31)34)29(35)27(18-22)36-25-9-5-6-10-25/h17-18,23,25-26,33,35H,3-16,19-20H2,1-2H3/t23-,26+,30-/m0/s1. The number of phenolic OH excluding ortho intramolecular Hbond substituents is 1. The third kappa shape index (κ3) is 7.18. The van der Waals surface area contributed by atoms with Crippen LogP contribution in [0.15, 0.2) is 12.1 Å². The lowest BCUT2D eigenvalue weighted by Crippen LogP contribution is -2.45. The summed E-state index contributed by atoms with van der Waals surface area (Å²) >= 11 is 0. The average Bonchev–Trinajstić information content (AvgIpc) is 3.51. The molecule has 2 saturated carbocycles. The van der Waals surface area contributed by atoms with E-state index in [2.05, 4.69) is 6.92 Å². The predicted molar refractivity (Wildman–Crippen MR) is 141 cm³/mol. The second kappa shape index (κ2) is 12.5. The van der Waals surface area contributed by atoms with Gasteiger partial charge in [-0.15, -0.1) is 0 Å². The van der Waals surface area contributed by atoms with Gasteiger partial charge < -0.3 is 24.6 Å². The molecular formula is C30H45NO6. The summed E-state index contributed by atoms with van der Waals surface area (Å²) < 4.78 is 12.2. The molecule has 7 nitrogen and oxygen atoms in total. The molecule has 1 saturated heterocycles. The van der Waals surface area contributed by atoms with Crippen molar-refractivity contribution < 1.29 is 29.3 Å². The van der Waals surface area contributed by atoms with Gasteiger partial charge in [0.05, 0.1) is 12.2 Å². The first-order chi connectivity index (χ1) is 17.8. The molecule has 2 aliphatic carbocycles. The Labute approximate surface area is 221 Å². The summed E-state index contributed by atoms with van der Waals surface area (Å²) in [5.74, 6) is 0.662. The van der Waals surface area contributed by atoms with E-state index in [1.807, 2.05) is 12.1 Å². The van der Waals surface area contributed by atoms with Crippen LogP contribution in [0.2, 0.25) is 0 Å². The highest BCUT2D eigenvalue weighted by molar-refractivity contribution is 5.78. The van der Waals surface area contributed by atoms with E-state index in [0.717, 1.165) is 69.8 Å². The first-order valence-electron chi connectivity index (χ1n) is 14.5. The van der Waals surface area contributed by atoms with Crippen LogP contribution in [0.1, 0.15) is 108 Å². The number of hydrogen-bond donors (Lipinski definition) is 2. The van der Waals surface area contributed by atoms with Gasteiger partial charge in [0.1, 0.15) is 5.60 Å². The number of unbranched alkanes of at least 4 members (excludes halogenated alkanes) is 1. The van der Waals surface area contributed by atoms with Crippen molar-refractivity contribution in [2.45, 2.75) is 128 Å². The fraction of sp³-hybridized carbons (Fsp3) is 0.733. The summed E-state index contributed by atoms with van der Waals surface area (Å²) in [4.78, 5) is 26.1. The van der Waals surface area contributed by atoms with Crippen LogP contribution < -0.4 is 4.74 Å². The second-order valence-electron chi connectivity index (χ2n) is 11.5. The van der Waals surface area contributed by atoms with Crippen LogP contribution in [0.25, 0.3) is 0 Å². The van der Waals surface area contributed by atoms with E-state index in [9.17, 15) is 19.8 Å². The van der Waals surface area contributed by atoms with Gasteiger partial charge in [-0.2, -0.15) is 0 Å². The minimum Gasteiger partial charge on any atom is -0.504 e. The zero-order valence-corrected chi connectivity index (χ0v) is 22.7. The third-order valence-corrected chi connectivity index (χ3v) is 8.60. The number of aryl methyl sites for hydroxylation is 1. The zero-order chi connectivity index (χ0) is 26.4. The van der Waals surface area contributed by atoms with Crippen molar-refractivity contribution in [3.63, 3.8) is 0 Å². The number of rotatable bonds is 11. The monoisotopic (exact) mass is 515 g/mol. The Morgan fingerprint density at radius 1 is 1.19 bits per heavy atom. The quantitative estimate of drug-likeness (QED) is 0.382. The summed E-state index contributed by atoms with van der Waals surface area (Å²) in [7, 11) is 0. The van der Waals surface area contributed by atoms with E-state index >= 15 is 0 Å². The number of hydrogen-bond acceptors (Lipinski definition) is 6. The van der Waals surface area contributed by atoms with E-state index in [-0.39, 0.29) is 29.6 Å². The number of phenols is 1. The van der Waals surface area contributed by atoms with Crippen LogP contribution in [-0.4, -0.2) is 51.3 Å². The molecule has 2 N–H and O–H groups in total. The van der Waals surface area contributed by atoms with E-state index in [0.29, 0.717) is 50.1 Å². The van der Waals surface area contributed by atoms with Gasteiger partial charge in [-0.1, -0.05) is 25.8 Å². The normalized spacial score (nSPS) is 26.6. The minimum atomic E-state index is -0.691. The number of benzene rings is 1. The molecule has 37 heavy (non-hydrogen) atoms. The zero-order valence-electron chi connectivity index (χ0n) is 22.7. The fourth-order valence-corrected chi connectivity index (χ4v) is 6.49. The van der Waals surface area contributed by atoms with Gasteiger partial charge in [-0.25, -0.2) is 0 Å². The maximum atomic E-state index is 12.3. The van der Waals surface area contributed by atoms with E-state index in [1.165, 1.54) is 6.92 Å². The van der Waals surface area contributed by atoms with Gasteiger partial charge in [0.15, 0.2) is 11.5 Å². The van der Waals surface area contributed by atoms with Gasteiger partial charge in [0.25, 0.3) is 0 Å². The lowest BCUT2D eigenvalue weighted by molar-refractivity contribution is -0.168. The topological polar surface area (TPSA) is 96.3 Å².